The maximum absolute atomic E-state index is 14.5. The first-order chi connectivity index (χ1) is 37.5. The van der Waals surface area contributed by atoms with Crippen LogP contribution >= 0.6 is 0 Å². The summed E-state index contributed by atoms with van der Waals surface area (Å²) in [6.45, 7) is 12.7. The number of likely N-dealkylation sites (tertiary alicyclic amines) is 2. The van der Waals surface area contributed by atoms with Crippen molar-refractivity contribution in [3.63, 3.8) is 0 Å². The average molecular weight is 1090 g/mol. The van der Waals surface area contributed by atoms with Crippen LogP contribution in [0.15, 0.2) is 48.7 Å². The number of carbonyl (C=O) groups is 7. The van der Waals surface area contributed by atoms with Crippen LogP contribution in [0.25, 0.3) is 0 Å². The molecule has 1 aromatic carbocycles. The number of methoxy groups -OCH3 is 2. The van der Waals surface area contributed by atoms with Crippen LogP contribution in [0.1, 0.15) is 90.8 Å². The van der Waals surface area contributed by atoms with Gasteiger partial charge in [-0.25, -0.2) is 4.68 Å². The third kappa shape index (κ3) is 16.2. The second-order valence-corrected chi connectivity index (χ2v) is 21.6. The average Bonchev–Trinajstić information content (AvgIpc) is 4.31. The Balaban J connectivity index is 0.954. The molecule has 3 fully saturated rings. The molecule has 22 nitrogen and oxygen atoms in total. The normalized spacial score (nSPS) is 21.9. The Kier molecular flexibility index (Phi) is 23.7. The van der Waals surface area contributed by atoms with Crippen LogP contribution in [0, 0.1) is 23.7 Å². The van der Waals surface area contributed by atoms with Gasteiger partial charge in [-0.15, -0.1) is 5.10 Å². The summed E-state index contributed by atoms with van der Waals surface area (Å²) in [6.07, 6.45) is 8.12. The van der Waals surface area contributed by atoms with Crippen LogP contribution in [0.2, 0.25) is 0 Å². The van der Waals surface area contributed by atoms with Gasteiger partial charge in [0.05, 0.1) is 102 Å². The fraction of sp³-hybridized carbons (Fsp3) is 0.696. The number of ether oxygens (including phenoxy) is 5. The van der Waals surface area contributed by atoms with Crippen molar-refractivity contribution < 1.29 is 57.2 Å². The molecule has 78 heavy (non-hydrogen) atoms. The minimum absolute atomic E-state index is 0.0122. The van der Waals surface area contributed by atoms with E-state index in [-0.39, 0.29) is 92.5 Å². The number of hydrogen-bond donors (Lipinski definition) is 3. The zero-order valence-corrected chi connectivity index (χ0v) is 47.3. The quantitative estimate of drug-likeness (QED) is 0.0685. The first kappa shape index (κ1) is 61.6. The second-order valence-electron chi connectivity index (χ2n) is 21.6. The van der Waals surface area contributed by atoms with Crippen LogP contribution in [0.4, 0.5) is 0 Å². The van der Waals surface area contributed by atoms with Gasteiger partial charge in [0, 0.05) is 59.0 Å². The molecule has 432 valence electrons. The van der Waals surface area contributed by atoms with Crippen molar-refractivity contribution in [2.45, 2.75) is 148 Å². The highest BCUT2D eigenvalue weighted by molar-refractivity contribution is 6.12. The molecule has 2 aromatic rings. The number of imide groups is 1. The number of amides is 7. The lowest BCUT2D eigenvalue weighted by molar-refractivity contribution is -0.148. The van der Waals surface area contributed by atoms with Crippen molar-refractivity contribution in [2.75, 3.05) is 81.0 Å². The molecule has 1 aromatic heterocycles. The van der Waals surface area contributed by atoms with Gasteiger partial charge in [0.25, 0.3) is 11.8 Å². The summed E-state index contributed by atoms with van der Waals surface area (Å²) in [5.74, 6) is -2.73. The molecule has 4 aliphatic rings. The third-order valence-corrected chi connectivity index (χ3v) is 16.1. The van der Waals surface area contributed by atoms with Gasteiger partial charge < -0.3 is 49.4 Å². The molecule has 3 aliphatic heterocycles. The summed E-state index contributed by atoms with van der Waals surface area (Å²) in [5.41, 5.74) is 1.35. The van der Waals surface area contributed by atoms with Crippen LogP contribution < -0.4 is 16.0 Å². The highest BCUT2D eigenvalue weighted by atomic mass is 16.5. The SMILES string of the molecule is CC[C@H](C)[C@@H]([C@@H](CC(=O)N1CCC[C@H]1[C@H](OC)[C@@H](C)C(=O)N[C@@H](Cc1ccccc1)C(=O)NCCOCCOCCOCCn1cc(CN2C(=O)C=CC2=O)nn1)OC)N(C)C(=O)[C@@H](NC(=O)[C@@H]1[C@H]2CC[C@H](C2)N1C)C(C)C. The van der Waals surface area contributed by atoms with Gasteiger partial charge in [-0.05, 0) is 62.5 Å². The van der Waals surface area contributed by atoms with Crippen molar-refractivity contribution in [1.29, 1.82) is 0 Å². The van der Waals surface area contributed by atoms with Crippen LogP contribution in [0.5, 0.6) is 0 Å². The summed E-state index contributed by atoms with van der Waals surface area (Å²) >= 11 is 0. The minimum atomic E-state index is -0.914. The number of fused-ring (bicyclic) bond motifs is 2. The van der Waals surface area contributed by atoms with Crippen molar-refractivity contribution >= 4 is 41.4 Å². The molecule has 2 bridgehead atoms. The summed E-state index contributed by atoms with van der Waals surface area (Å²) < 4.78 is 30.7. The van der Waals surface area contributed by atoms with E-state index in [0.29, 0.717) is 70.0 Å². The monoisotopic (exact) mass is 1090 g/mol. The Labute approximate surface area is 459 Å². The molecule has 3 N–H and O–H groups in total. The molecule has 22 heteroatoms. The lowest BCUT2D eigenvalue weighted by atomic mass is 9.89. The van der Waals surface area contributed by atoms with E-state index in [2.05, 4.69) is 31.2 Å². The number of likely N-dealkylation sites (N-methyl/N-ethyl adjacent to an activating group) is 2. The van der Waals surface area contributed by atoms with Crippen LogP contribution in [-0.4, -0.2) is 205 Å². The smallest absolute Gasteiger partial charge is 0.253 e. The molecule has 6 rings (SSSR count). The second kappa shape index (κ2) is 30.1. The summed E-state index contributed by atoms with van der Waals surface area (Å²) in [7, 11) is 6.84. The number of nitrogens with zero attached hydrogens (tertiary/aromatic N) is 7. The lowest BCUT2D eigenvalue weighted by Crippen LogP contribution is -2.60. The fourth-order valence-corrected chi connectivity index (χ4v) is 11.6. The number of aromatic nitrogens is 3. The van der Waals surface area contributed by atoms with Crippen LogP contribution in [0.3, 0.4) is 0 Å². The summed E-state index contributed by atoms with van der Waals surface area (Å²) in [5, 5.41) is 17.1. The molecule has 7 amide bonds. The number of hydrogen-bond acceptors (Lipinski definition) is 15. The molecule has 2 saturated heterocycles. The Bertz CT molecular complexity index is 2320. The Morgan fingerprint density at radius 1 is 0.846 bits per heavy atom. The molecule has 11 atom stereocenters. The topological polar surface area (TPSA) is 245 Å². The maximum Gasteiger partial charge on any atom is 0.253 e. The van der Waals surface area contributed by atoms with Crippen LogP contribution in [-0.2, 0) is 76.8 Å². The number of carbonyl (C=O) groups excluding carboxylic acids is 7. The first-order valence-electron chi connectivity index (χ1n) is 27.9. The van der Waals surface area contributed by atoms with Crippen molar-refractivity contribution in [3.05, 3.63) is 59.9 Å². The fourth-order valence-electron chi connectivity index (χ4n) is 11.6. The van der Waals surface area contributed by atoms with Gasteiger partial charge in [-0.2, -0.15) is 0 Å². The Hall–Kier alpha value is -5.65. The first-order valence-corrected chi connectivity index (χ1v) is 27.9. The Morgan fingerprint density at radius 2 is 1.53 bits per heavy atom. The van der Waals surface area contributed by atoms with E-state index in [1.807, 2.05) is 65.1 Å². The predicted molar refractivity (Wildman–Crippen MR) is 288 cm³/mol. The van der Waals surface area contributed by atoms with E-state index in [1.54, 1.807) is 41.8 Å². The number of benzene rings is 1. The van der Waals surface area contributed by atoms with E-state index < -0.39 is 48.2 Å². The van der Waals surface area contributed by atoms with Gasteiger partial charge >= 0.3 is 0 Å². The van der Waals surface area contributed by atoms with Gasteiger partial charge in [-0.3, -0.25) is 43.4 Å². The zero-order chi connectivity index (χ0) is 56.5. The van der Waals surface area contributed by atoms with Gasteiger partial charge in [0.15, 0.2) is 0 Å². The van der Waals surface area contributed by atoms with E-state index in [0.717, 1.165) is 36.1 Å². The standard InChI is InChI=1S/C56H86N10O12/c1-10-37(4)50(63(7)56(73)49(36(2)3)59-55(72)51-40-18-19-42(32-40)62(51)6)45(74-8)33-48(69)65-23-14-17-44(65)52(75-9)38(5)53(70)58-43(31-39-15-12-11-13-16-39)54(71)57-22-25-76-27-29-78-30-28-77-26-24-64-34-41(60-61-64)35-66-46(67)20-21-47(66)68/h11-13,15-16,20-21,34,36-38,40,42-45,49-52H,10,14,17-19,22-33,35H2,1-9H3,(H,57,71)(H,58,70)(H,59,72)/t37-,38+,40-,42+,43-,44-,45+,49-,50-,51-,52+/m0/s1. The molecule has 1 aliphatic carbocycles. The van der Waals surface area contributed by atoms with E-state index in [1.165, 1.54) is 19.3 Å². The Morgan fingerprint density at radius 3 is 2.15 bits per heavy atom. The summed E-state index contributed by atoms with van der Waals surface area (Å²) in [4.78, 5) is 101. The zero-order valence-electron chi connectivity index (χ0n) is 47.3. The molecular formula is C56H86N10O12. The number of rotatable bonds is 33. The van der Waals surface area contributed by atoms with Gasteiger partial charge in [-0.1, -0.05) is 76.6 Å². The van der Waals surface area contributed by atoms with E-state index in [4.69, 9.17) is 23.7 Å². The molecular weight excluding hydrogens is 1000 g/mol. The molecule has 1 saturated carbocycles. The molecule has 0 spiro atoms. The predicted octanol–water partition coefficient (Wildman–Crippen LogP) is 2.14. The summed E-state index contributed by atoms with van der Waals surface area (Å²) in [6, 6.07) is 6.98. The molecule has 0 radical (unpaired) electrons. The lowest BCUT2D eigenvalue weighted by Gasteiger charge is -2.41. The van der Waals surface area contributed by atoms with Crippen molar-refractivity contribution in [1.82, 2.24) is 50.5 Å². The van der Waals surface area contributed by atoms with Crippen molar-refractivity contribution in [3.8, 4) is 0 Å². The number of nitrogens with one attached hydrogen (secondary N) is 3. The minimum Gasteiger partial charge on any atom is -0.379 e. The van der Waals surface area contributed by atoms with Gasteiger partial charge in [0.1, 0.15) is 17.8 Å². The van der Waals surface area contributed by atoms with E-state index >= 15 is 0 Å². The highest BCUT2D eigenvalue weighted by Crippen LogP contribution is 2.41. The largest absolute Gasteiger partial charge is 0.379 e. The molecule has 0 unspecified atom stereocenters. The van der Waals surface area contributed by atoms with E-state index in [9.17, 15) is 33.6 Å². The maximum atomic E-state index is 14.5. The highest BCUT2D eigenvalue weighted by Gasteiger charge is 2.49. The third-order valence-electron chi connectivity index (χ3n) is 16.1. The van der Waals surface area contributed by atoms with Crippen molar-refractivity contribution in [2.24, 2.45) is 23.7 Å². The van der Waals surface area contributed by atoms with Gasteiger partial charge in [0.2, 0.25) is 29.5 Å². The molecule has 4 heterocycles. The number of piperidine rings is 1.